The average Bonchev–Trinajstić information content (AvgIpc) is 2.32. The van der Waals surface area contributed by atoms with Crippen LogP contribution in [0.4, 0.5) is 5.69 Å². The zero-order chi connectivity index (χ0) is 12.5. The highest BCUT2D eigenvalue weighted by Crippen LogP contribution is 2.31. The Morgan fingerprint density at radius 3 is 3.00 bits per heavy atom. The molecule has 0 aliphatic carbocycles. The molecule has 0 amide bonds. The Kier molecular flexibility index (Phi) is 3.03. The van der Waals surface area contributed by atoms with E-state index in [4.69, 9.17) is 11.0 Å². The summed E-state index contributed by atoms with van der Waals surface area (Å²) in [5.41, 5.74) is 7.61. The summed E-state index contributed by atoms with van der Waals surface area (Å²) in [6.45, 7) is 6.11. The number of anilines is 1. The van der Waals surface area contributed by atoms with Gasteiger partial charge in [-0.3, -0.25) is 0 Å². The number of hydrogen-bond donors (Lipinski definition) is 1. The van der Waals surface area contributed by atoms with Crippen LogP contribution in [0.15, 0.2) is 18.3 Å². The molecule has 4 heteroatoms. The molecule has 1 atom stereocenters. The molecule has 0 saturated carbocycles. The summed E-state index contributed by atoms with van der Waals surface area (Å²) in [5.74, 6) is 0. The Hall–Kier alpha value is -1.60. The third-order valence-electron chi connectivity index (χ3n) is 3.55. The maximum Gasteiger partial charge on any atom is 0.163 e. The number of nitrogens with two attached hydrogens (primary N) is 1. The summed E-state index contributed by atoms with van der Waals surface area (Å²) < 4.78 is 0. The van der Waals surface area contributed by atoms with Gasteiger partial charge in [0.2, 0.25) is 0 Å². The van der Waals surface area contributed by atoms with Crippen LogP contribution < -0.4 is 10.6 Å². The lowest BCUT2D eigenvalue weighted by atomic mass is 9.79. The predicted octanol–water partition coefficient (Wildman–Crippen LogP) is 1.52. The molecule has 2 heterocycles. The topological polar surface area (TPSA) is 65.9 Å². The van der Waals surface area contributed by atoms with E-state index in [1.165, 1.54) is 0 Å². The van der Waals surface area contributed by atoms with Crippen molar-refractivity contribution in [1.82, 2.24) is 4.98 Å². The summed E-state index contributed by atoms with van der Waals surface area (Å²) in [6.07, 6.45) is 2.61. The third kappa shape index (κ3) is 2.25. The molecular formula is C13H18N4. The monoisotopic (exact) mass is 230 g/mol. The average molecular weight is 230 g/mol. The molecule has 0 aromatic carbocycles. The number of nitriles is 1. The van der Waals surface area contributed by atoms with Crippen LogP contribution in [0, 0.1) is 16.7 Å². The van der Waals surface area contributed by atoms with Gasteiger partial charge in [0.1, 0.15) is 6.07 Å². The van der Waals surface area contributed by atoms with Crippen molar-refractivity contribution in [3.63, 3.8) is 0 Å². The standard InChI is InChI=1S/C13H18N4/c1-13(2)9-17(7-5-12(13)15)11-4-3-6-16-10(11)8-14/h3-4,6,12H,5,7,9,15H2,1-2H3. The first kappa shape index (κ1) is 11.9. The van der Waals surface area contributed by atoms with Crippen LogP contribution >= 0.6 is 0 Å². The summed E-state index contributed by atoms with van der Waals surface area (Å²) in [6, 6.07) is 6.20. The fourth-order valence-electron chi connectivity index (χ4n) is 2.32. The van der Waals surface area contributed by atoms with Crippen molar-refractivity contribution in [3.8, 4) is 6.07 Å². The number of nitrogens with zero attached hydrogens (tertiary/aromatic N) is 3. The predicted molar refractivity (Wildman–Crippen MR) is 67.5 cm³/mol. The van der Waals surface area contributed by atoms with Gasteiger partial charge in [-0.2, -0.15) is 5.26 Å². The molecule has 1 aliphatic rings. The van der Waals surface area contributed by atoms with Gasteiger partial charge in [-0.1, -0.05) is 13.8 Å². The molecule has 0 radical (unpaired) electrons. The van der Waals surface area contributed by atoms with Gasteiger partial charge in [-0.25, -0.2) is 4.98 Å². The lowest BCUT2D eigenvalue weighted by Crippen LogP contribution is -2.52. The number of piperidine rings is 1. The van der Waals surface area contributed by atoms with Gasteiger partial charge >= 0.3 is 0 Å². The number of hydrogen-bond acceptors (Lipinski definition) is 4. The van der Waals surface area contributed by atoms with Gasteiger partial charge in [-0.05, 0) is 24.0 Å². The van der Waals surface area contributed by atoms with Gasteiger partial charge in [-0.15, -0.1) is 0 Å². The maximum atomic E-state index is 9.07. The minimum Gasteiger partial charge on any atom is -0.369 e. The van der Waals surface area contributed by atoms with E-state index in [1.54, 1.807) is 6.20 Å². The lowest BCUT2D eigenvalue weighted by Gasteiger charge is -2.43. The van der Waals surface area contributed by atoms with Gasteiger partial charge in [0, 0.05) is 25.3 Å². The van der Waals surface area contributed by atoms with Gasteiger partial charge in [0.15, 0.2) is 5.69 Å². The molecule has 1 saturated heterocycles. The highest BCUT2D eigenvalue weighted by atomic mass is 15.2. The smallest absolute Gasteiger partial charge is 0.163 e. The summed E-state index contributed by atoms with van der Waals surface area (Å²) in [7, 11) is 0. The van der Waals surface area contributed by atoms with Crippen molar-refractivity contribution in [2.75, 3.05) is 18.0 Å². The van der Waals surface area contributed by atoms with E-state index >= 15 is 0 Å². The van der Waals surface area contributed by atoms with Crippen molar-refractivity contribution in [1.29, 1.82) is 5.26 Å². The first-order chi connectivity index (χ1) is 8.04. The van der Waals surface area contributed by atoms with Gasteiger partial charge < -0.3 is 10.6 Å². The second kappa shape index (κ2) is 4.34. The van der Waals surface area contributed by atoms with E-state index in [0.717, 1.165) is 25.2 Å². The van der Waals surface area contributed by atoms with Crippen molar-refractivity contribution < 1.29 is 0 Å². The van der Waals surface area contributed by atoms with Gasteiger partial charge in [0.05, 0.1) is 5.69 Å². The Bertz CT molecular complexity index is 447. The number of rotatable bonds is 1. The molecule has 2 N–H and O–H groups in total. The second-order valence-corrected chi connectivity index (χ2v) is 5.29. The maximum absolute atomic E-state index is 9.07. The van der Waals surface area contributed by atoms with E-state index in [1.807, 2.05) is 12.1 Å². The minimum atomic E-state index is 0.0703. The number of aromatic nitrogens is 1. The quantitative estimate of drug-likeness (QED) is 0.794. The van der Waals surface area contributed by atoms with E-state index in [-0.39, 0.29) is 11.5 Å². The van der Waals surface area contributed by atoms with Crippen LogP contribution in [0.25, 0.3) is 0 Å². The molecule has 0 bridgehead atoms. The Morgan fingerprint density at radius 2 is 2.35 bits per heavy atom. The molecular weight excluding hydrogens is 212 g/mol. The molecule has 0 spiro atoms. The lowest BCUT2D eigenvalue weighted by molar-refractivity contribution is 0.245. The highest BCUT2D eigenvalue weighted by Gasteiger charge is 2.34. The van der Waals surface area contributed by atoms with Crippen molar-refractivity contribution in [2.24, 2.45) is 11.1 Å². The van der Waals surface area contributed by atoms with E-state index in [0.29, 0.717) is 5.69 Å². The van der Waals surface area contributed by atoms with Crippen LogP contribution in [-0.4, -0.2) is 24.1 Å². The van der Waals surface area contributed by atoms with Crippen LogP contribution in [0.2, 0.25) is 0 Å². The summed E-state index contributed by atoms with van der Waals surface area (Å²) >= 11 is 0. The summed E-state index contributed by atoms with van der Waals surface area (Å²) in [5, 5.41) is 9.07. The first-order valence-corrected chi connectivity index (χ1v) is 5.90. The molecule has 17 heavy (non-hydrogen) atoms. The third-order valence-corrected chi connectivity index (χ3v) is 3.55. The van der Waals surface area contributed by atoms with Gasteiger partial charge in [0.25, 0.3) is 0 Å². The van der Waals surface area contributed by atoms with Crippen LogP contribution in [0.3, 0.4) is 0 Å². The molecule has 4 nitrogen and oxygen atoms in total. The Morgan fingerprint density at radius 1 is 1.59 bits per heavy atom. The second-order valence-electron chi connectivity index (χ2n) is 5.29. The van der Waals surface area contributed by atoms with Crippen molar-refractivity contribution >= 4 is 5.69 Å². The largest absolute Gasteiger partial charge is 0.369 e. The zero-order valence-electron chi connectivity index (χ0n) is 10.3. The van der Waals surface area contributed by atoms with Crippen molar-refractivity contribution in [2.45, 2.75) is 26.3 Å². The SMILES string of the molecule is CC1(C)CN(c2cccnc2C#N)CCC1N. The molecule has 1 aromatic heterocycles. The highest BCUT2D eigenvalue weighted by molar-refractivity contribution is 5.56. The van der Waals surface area contributed by atoms with E-state index < -0.39 is 0 Å². The van der Waals surface area contributed by atoms with E-state index in [9.17, 15) is 0 Å². The minimum absolute atomic E-state index is 0.0703. The molecule has 90 valence electrons. The molecule has 1 aliphatic heterocycles. The number of pyridine rings is 1. The van der Waals surface area contributed by atoms with Crippen LogP contribution in [-0.2, 0) is 0 Å². The zero-order valence-corrected chi connectivity index (χ0v) is 10.3. The van der Waals surface area contributed by atoms with Crippen LogP contribution in [0.1, 0.15) is 26.0 Å². The van der Waals surface area contributed by atoms with Crippen molar-refractivity contribution in [3.05, 3.63) is 24.0 Å². The molecule has 1 unspecified atom stereocenters. The normalized spacial score (nSPS) is 23.2. The Labute approximate surface area is 102 Å². The fraction of sp³-hybridized carbons (Fsp3) is 0.538. The van der Waals surface area contributed by atoms with Crippen LogP contribution in [0.5, 0.6) is 0 Å². The Balaban J connectivity index is 2.27. The molecule has 1 aromatic rings. The molecule has 2 rings (SSSR count). The summed E-state index contributed by atoms with van der Waals surface area (Å²) in [4.78, 5) is 6.32. The molecule has 1 fully saturated rings. The van der Waals surface area contributed by atoms with E-state index in [2.05, 4.69) is 29.8 Å². The fourth-order valence-corrected chi connectivity index (χ4v) is 2.32. The first-order valence-electron chi connectivity index (χ1n) is 5.90.